The van der Waals surface area contributed by atoms with Crippen molar-refractivity contribution in [2.45, 2.75) is 6.92 Å². The molecule has 0 atom stereocenters. The van der Waals surface area contributed by atoms with E-state index in [0.717, 1.165) is 11.1 Å². The van der Waals surface area contributed by atoms with E-state index in [1.165, 1.54) is 0 Å². The Kier molecular flexibility index (Phi) is 6.37. The number of piperazine rings is 1. The smallest absolute Gasteiger partial charge is 0.409 e. The van der Waals surface area contributed by atoms with Gasteiger partial charge in [0.2, 0.25) is 0 Å². The Morgan fingerprint density at radius 2 is 1.64 bits per heavy atom. The van der Waals surface area contributed by atoms with Crippen molar-refractivity contribution in [1.82, 2.24) is 9.80 Å². The minimum Gasteiger partial charge on any atom is -0.495 e. The Balaban J connectivity index is 1.68. The van der Waals surface area contributed by atoms with Crippen LogP contribution in [0.2, 0.25) is 0 Å². The molecule has 1 saturated heterocycles. The lowest BCUT2D eigenvalue weighted by Crippen LogP contribution is -2.51. The predicted molar refractivity (Wildman–Crippen MR) is 108 cm³/mol. The Morgan fingerprint density at radius 3 is 2.29 bits per heavy atom. The van der Waals surface area contributed by atoms with Crippen molar-refractivity contribution in [3.63, 3.8) is 0 Å². The van der Waals surface area contributed by atoms with Gasteiger partial charge >= 0.3 is 12.1 Å². The van der Waals surface area contributed by atoms with Crippen LogP contribution in [-0.4, -0.2) is 61.8 Å². The van der Waals surface area contributed by atoms with Gasteiger partial charge in [0.1, 0.15) is 5.75 Å². The van der Waals surface area contributed by atoms with Gasteiger partial charge in [-0.05, 0) is 30.2 Å². The maximum Gasteiger partial charge on any atom is 0.409 e. The van der Waals surface area contributed by atoms with Crippen LogP contribution < -0.4 is 10.1 Å². The number of ether oxygens (including phenoxy) is 2. The van der Waals surface area contributed by atoms with E-state index in [2.05, 4.69) is 5.32 Å². The van der Waals surface area contributed by atoms with Crippen LogP contribution in [-0.2, 0) is 4.74 Å². The molecule has 0 aliphatic carbocycles. The van der Waals surface area contributed by atoms with Gasteiger partial charge in [-0.25, -0.2) is 9.59 Å². The second kappa shape index (κ2) is 9.12. The highest BCUT2D eigenvalue weighted by Crippen LogP contribution is 2.30. The number of benzene rings is 2. The van der Waals surface area contributed by atoms with Crippen molar-refractivity contribution in [2.75, 3.05) is 45.2 Å². The summed E-state index contributed by atoms with van der Waals surface area (Å²) in [6.45, 7) is 3.92. The molecule has 1 fully saturated rings. The molecule has 2 aromatic rings. The third-order valence-corrected chi connectivity index (χ3v) is 4.64. The molecule has 0 bridgehead atoms. The topological polar surface area (TPSA) is 71.1 Å². The van der Waals surface area contributed by atoms with E-state index in [9.17, 15) is 9.59 Å². The lowest BCUT2D eigenvalue weighted by Gasteiger charge is -2.34. The molecule has 3 rings (SSSR count). The lowest BCUT2D eigenvalue weighted by atomic mass is 10.0. The van der Waals surface area contributed by atoms with Crippen LogP contribution in [0.5, 0.6) is 5.75 Å². The fraction of sp³-hybridized carbons (Fsp3) is 0.333. The molecule has 1 heterocycles. The molecule has 1 aliphatic heterocycles. The molecule has 3 amide bonds. The molecule has 148 valence electrons. The van der Waals surface area contributed by atoms with Crippen LogP contribution in [0.1, 0.15) is 6.92 Å². The monoisotopic (exact) mass is 383 g/mol. The molecule has 7 nitrogen and oxygen atoms in total. The number of urea groups is 1. The fourth-order valence-electron chi connectivity index (χ4n) is 3.12. The third-order valence-electron chi connectivity index (χ3n) is 4.64. The SMILES string of the molecule is CCOC(=O)N1CCN(C(=O)Nc2cc(-c3ccccc3)ccc2OC)CC1. The fourth-order valence-corrected chi connectivity index (χ4v) is 3.12. The molecule has 0 unspecified atom stereocenters. The van der Waals surface area contributed by atoms with Crippen molar-refractivity contribution in [1.29, 1.82) is 0 Å². The summed E-state index contributed by atoms with van der Waals surface area (Å²) >= 11 is 0. The minimum absolute atomic E-state index is 0.216. The van der Waals surface area contributed by atoms with Gasteiger partial charge in [0, 0.05) is 26.2 Å². The van der Waals surface area contributed by atoms with Crippen molar-refractivity contribution in [3.8, 4) is 16.9 Å². The first-order chi connectivity index (χ1) is 13.6. The number of anilines is 1. The average Bonchev–Trinajstić information content (AvgIpc) is 2.74. The van der Waals surface area contributed by atoms with Gasteiger partial charge < -0.3 is 24.6 Å². The molecular weight excluding hydrogens is 358 g/mol. The number of amides is 3. The van der Waals surface area contributed by atoms with E-state index >= 15 is 0 Å². The molecule has 0 radical (unpaired) electrons. The number of nitrogens with one attached hydrogen (secondary N) is 1. The minimum atomic E-state index is -0.334. The van der Waals surface area contributed by atoms with Crippen LogP contribution in [0.15, 0.2) is 48.5 Å². The van der Waals surface area contributed by atoms with E-state index in [0.29, 0.717) is 44.2 Å². The zero-order valence-corrected chi connectivity index (χ0v) is 16.2. The summed E-state index contributed by atoms with van der Waals surface area (Å²) < 4.78 is 10.4. The summed E-state index contributed by atoms with van der Waals surface area (Å²) in [6, 6.07) is 15.4. The number of methoxy groups -OCH3 is 1. The number of hydrogen-bond donors (Lipinski definition) is 1. The highest BCUT2D eigenvalue weighted by atomic mass is 16.6. The Morgan fingerprint density at radius 1 is 0.964 bits per heavy atom. The first kappa shape index (κ1) is 19.5. The molecule has 0 spiro atoms. The van der Waals surface area contributed by atoms with Crippen molar-refractivity contribution < 1.29 is 19.1 Å². The van der Waals surface area contributed by atoms with E-state index in [1.807, 2.05) is 48.5 Å². The summed E-state index contributed by atoms with van der Waals surface area (Å²) in [5.41, 5.74) is 2.66. The summed E-state index contributed by atoms with van der Waals surface area (Å²) in [6.07, 6.45) is -0.334. The number of hydrogen-bond acceptors (Lipinski definition) is 4. The van der Waals surface area contributed by atoms with Crippen LogP contribution in [0.3, 0.4) is 0 Å². The summed E-state index contributed by atoms with van der Waals surface area (Å²) in [5, 5.41) is 2.94. The Hall–Kier alpha value is -3.22. The van der Waals surface area contributed by atoms with Gasteiger partial charge in [-0.2, -0.15) is 0 Å². The molecule has 0 saturated carbocycles. The third kappa shape index (κ3) is 4.54. The molecule has 0 aromatic heterocycles. The van der Waals surface area contributed by atoms with E-state index in [-0.39, 0.29) is 12.1 Å². The highest BCUT2D eigenvalue weighted by Gasteiger charge is 2.25. The number of rotatable bonds is 4. The van der Waals surface area contributed by atoms with E-state index in [1.54, 1.807) is 23.8 Å². The summed E-state index contributed by atoms with van der Waals surface area (Å²) in [5.74, 6) is 0.596. The predicted octanol–water partition coefficient (Wildman–Crippen LogP) is 3.67. The zero-order chi connectivity index (χ0) is 19.9. The summed E-state index contributed by atoms with van der Waals surface area (Å²) in [7, 11) is 1.57. The van der Waals surface area contributed by atoms with E-state index in [4.69, 9.17) is 9.47 Å². The lowest BCUT2D eigenvalue weighted by molar-refractivity contribution is 0.0868. The van der Waals surface area contributed by atoms with Crippen LogP contribution in [0, 0.1) is 0 Å². The van der Waals surface area contributed by atoms with Gasteiger partial charge in [-0.3, -0.25) is 0 Å². The van der Waals surface area contributed by atoms with Gasteiger partial charge in [0.15, 0.2) is 0 Å². The van der Waals surface area contributed by atoms with Crippen LogP contribution in [0.4, 0.5) is 15.3 Å². The van der Waals surface area contributed by atoms with E-state index < -0.39 is 0 Å². The maximum absolute atomic E-state index is 12.7. The van der Waals surface area contributed by atoms with Crippen LogP contribution >= 0.6 is 0 Å². The molecule has 28 heavy (non-hydrogen) atoms. The normalized spacial score (nSPS) is 13.8. The Labute approximate surface area is 164 Å². The quantitative estimate of drug-likeness (QED) is 0.875. The molecular formula is C21H25N3O4. The molecule has 7 heteroatoms. The average molecular weight is 383 g/mol. The molecule has 2 aromatic carbocycles. The van der Waals surface area contributed by atoms with Crippen molar-refractivity contribution >= 4 is 17.8 Å². The molecule has 1 N–H and O–H groups in total. The van der Waals surface area contributed by atoms with Gasteiger partial charge in [-0.15, -0.1) is 0 Å². The maximum atomic E-state index is 12.7. The zero-order valence-electron chi connectivity index (χ0n) is 16.2. The Bertz CT molecular complexity index is 818. The standard InChI is InChI=1S/C21H25N3O4/c1-3-28-21(26)24-13-11-23(12-14-24)20(25)22-18-15-17(9-10-19(18)27-2)16-7-5-4-6-8-16/h4-10,15H,3,11-14H2,1-2H3,(H,22,25). The van der Waals surface area contributed by atoms with Crippen molar-refractivity contribution in [2.24, 2.45) is 0 Å². The number of nitrogens with zero attached hydrogens (tertiary/aromatic N) is 2. The number of carbonyl (C=O) groups is 2. The van der Waals surface area contributed by atoms with Crippen molar-refractivity contribution in [3.05, 3.63) is 48.5 Å². The van der Waals surface area contributed by atoms with Crippen LogP contribution in [0.25, 0.3) is 11.1 Å². The number of carbonyl (C=O) groups excluding carboxylic acids is 2. The van der Waals surface area contributed by atoms with Gasteiger partial charge in [-0.1, -0.05) is 36.4 Å². The molecule has 1 aliphatic rings. The first-order valence-corrected chi connectivity index (χ1v) is 9.33. The second-order valence-electron chi connectivity index (χ2n) is 6.38. The summed E-state index contributed by atoms with van der Waals surface area (Å²) in [4.78, 5) is 27.8. The largest absolute Gasteiger partial charge is 0.495 e. The first-order valence-electron chi connectivity index (χ1n) is 9.33. The second-order valence-corrected chi connectivity index (χ2v) is 6.38. The van der Waals surface area contributed by atoms with Gasteiger partial charge in [0.25, 0.3) is 0 Å². The van der Waals surface area contributed by atoms with Gasteiger partial charge in [0.05, 0.1) is 19.4 Å². The highest BCUT2D eigenvalue weighted by molar-refractivity contribution is 5.92.